The smallest absolute Gasteiger partial charge is 0.118 e. The second kappa shape index (κ2) is 6.95. The van der Waals surface area contributed by atoms with Gasteiger partial charge in [0.25, 0.3) is 0 Å². The predicted octanol–water partition coefficient (Wildman–Crippen LogP) is 2.74. The molecule has 3 atom stereocenters. The summed E-state index contributed by atoms with van der Waals surface area (Å²) in [6, 6.07) is 4.59. The van der Waals surface area contributed by atoms with Crippen LogP contribution in [0.15, 0.2) is 36.1 Å². The number of anilines is 1. The number of pyridine rings is 1. The summed E-state index contributed by atoms with van der Waals surface area (Å²) in [6.07, 6.45) is 8.18. The van der Waals surface area contributed by atoms with Crippen LogP contribution in [0, 0.1) is 5.92 Å². The molecule has 0 amide bonds. The Hall–Kier alpha value is -1.50. The molecule has 0 unspecified atom stereocenters. The molecule has 0 radical (unpaired) electrons. The lowest BCUT2D eigenvalue weighted by atomic mass is 10.0. The van der Waals surface area contributed by atoms with Gasteiger partial charge in [0.05, 0.1) is 43.9 Å². The van der Waals surface area contributed by atoms with E-state index in [2.05, 4.69) is 20.9 Å². The average Bonchev–Trinajstić information content (AvgIpc) is 3.26. The summed E-state index contributed by atoms with van der Waals surface area (Å²) in [5.41, 5.74) is 1.20. The predicted molar refractivity (Wildman–Crippen MR) is 89.6 cm³/mol. The summed E-state index contributed by atoms with van der Waals surface area (Å²) in [5, 5.41) is 3.03. The molecular formula is C17H21N3O2S. The van der Waals surface area contributed by atoms with E-state index in [1.807, 2.05) is 30.0 Å². The van der Waals surface area contributed by atoms with Gasteiger partial charge in [0, 0.05) is 30.2 Å². The zero-order valence-corrected chi connectivity index (χ0v) is 13.8. The van der Waals surface area contributed by atoms with Gasteiger partial charge in [0.2, 0.25) is 0 Å². The van der Waals surface area contributed by atoms with Crippen LogP contribution < -0.4 is 4.90 Å². The van der Waals surface area contributed by atoms with Gasteiger partial charge in [0.1, 0.15) is 5.01 Å². The summed E-state index contributed by atoms with van der Waals surface area (Å²) in [7, 11) is 0. The van der Waals surface area contributed by atoms with Crippen LogP contribution in [-0.4, -0.2) is 41.9 Å². The van der Waals surface area contributed by atoms with Crippen molar-refractivity contribution < 1.29 is 9.47 Å². The number of hydrogen-bond donors (Lipinski definition) is 0. The van der Waals surface area contributed by atoms with Crippen LogP contribution in [0.25, 0.3) is 0 Å². The molecule has 1 saturated carbocycles. The molecule has 1 saturated heterocycles. The van der Waals surface area contributed by atoms with Gasteiger partial charge in [-0.15, -0.1) is 11.3 Å². The van der Waals surface area contributed by atoms with E-state index < -0.39 is 0 Å². The van der Waals surface area contributed by atoms with Crippen molar-refractivity contribution in [3.63, 3.8) is 0 Å². The lowest BCUT2D eigenvalue weighted by molar-refractivity contribution is -0.0307. The second-order valence-electron chi connectivity index (χ2n) is 6.09. The number of thiazole rings is 1. The molecule has 3 heterocycles. The first kappa shape index (κ1) is 15.1. The number of nitrogens with zero attached hydrogens (tertiary/aromatic N) is 3. The first-order valence-electron chi connectivity index (χ1n) is 8.16. The van der Waals surface area contributed by atoms with Crippen LogP contribution in [-0.2, 0) is 16.1 Å². The first-order chi connectivity index (χ1) is 11.4. The van der Waals surface area contributed by atoms with Gasteiger partial charge in [-0.1, -0.05) is 0 Å². The van der Waals surface area contributed by atoms with E-state index in [0.29, 0.717) is 18.6 Å². The minimum atomic E-state index is 0.264. The quantitative estimate of drug-likeness (QED) is 0.843. The molecule has 1 aliphatic heterocycles. The van der Waals surface area contributed by atoms with E-state index in [-0.39, 0.29) is 6.10 Å². The maximum absolute atomic E-state index is 6.10. The normalized spacial score (nSPS) is 27.1. The van der Waals surface area contributed by atoms with Crippen molar-refractivity contribution in [2.75, 3.05) is 24.7 Å². The van der Waals surface area contributed by atoms with Crippen molar-refractivity contribution in [2.45, 2.75) is 31.6 Å². The molecular weight excluding hydrogens is 310 g/mol. The van der Waals surface area contributed by atoms with Crippen LogP contribution in [0.5, 0.6) is 0 Å². The van der Waals surface area contributed by atoms with Gasteiger partial charge in [-0.25, -0.2) is 4.98 Å². The standard InChI is InChI=1S/C17H21N3O2S/c1-2-14(10-18-5-1)20-7-8-22-17-13(3-4-15(17)20)11-21-12-16-19-6-9-23-16/h1-2,5-6,9-10,13,15,17H,3-4,7-8,11-12H2/t13-,15-,17+/m0/s1. The number of hydrogen-bond acceptors (Lipinski definition) is 6. The molecule has 0 aromatic carbocycles. The summed E-state index contributed by atoms with van der Waals surface area (Å²) in [5.74, 6) is 0.472. The van der Waals surface area contributed by atoms with Crippen molar-refractivity contribution in [1.29, 1.82) is 0 Å². The number of fused-ring (bicyclic) bond motifs is 1. The first-order valence-corrected chi connectivity index (χ1v) is 9.04. The maximum atomic E-state index is 6.10. The minimum absolute atomic E-state index is 0.264. The Bertz CT molecular complexity index is 608. The molecule has 2 aromatic rings. The fraction of sp³-hybridized carbons (Fsp3) is 0.529. The van der Waals surface area contributed by atoms with Crippen molar-refractivity contribution >= 4 is 17.0 Å². The Balaban J connectivity index is 1.37. The Kier molecular flexibility index (Phi) is 4.55. The zero-order chi connectivity index (χ0) is 15.5. The highest BCUT2D eigenvalue weighted by atomic mass is 32.1. The Morgan fingerprint density at radius 2 is 2.35 bits per heavy atom. The van der Waals surface area contributed by atoms with Crippen molar-refractivity contribution in [3.8, 4) is 0 Å². The third kappa shape index (κ3) is 3.24. The molecule has 1 aliphatic carbocycles. The van der Waals surface area contributed by atoms with Crippen LogP contribution >= 0.6 is 11.3 Å². The van der Waals surface area contributed by atoms with Crippen molar-refractivity contribution in [3.05, 3.63) is 41.1 Å². The molecule has 0 bridgehead atoms. The molecule has 0 spiro atoms. The molecule has 2 aliphatic rings. The highest BCUT2D eigenvalue weighted by Gasteiger charge is 2.42. The van der Waals surface area contributed by atoms with E-state index in [0.717, 1.165) is 37.6 Å². The lowest BCUT2D eigenvalue weighted by Gasteiger charge is -2.40. The van der Waals surface area contributed by atoms with Crippen LogP contribution in [0.3, 0.4) is 0 Å². The zero-order valence-electron chi connectivity index (χ0n) is 13.0. The lowest BCUT2D eigenvalue weighted by Crippen LogP contribution is -2.51. The largest absolute Gasteiger partial charge is 0.374 e. The molecule has 122 valence electrons. The Labute approximate surface area is 140 Å². The monoisotopic (exact) mass is 331 g/mol. The molecule has 4 rings (SSSR count). The van der Waals surface area contributed by atoms with E-state index in [1.165, 1.54) is 5.69 Å². The molecule has 5 nitrogen and oxygen atoms in total. The van der Waals surface area contributed by atoms with Gasteiger partial charge in [0.15, 0.2) is 0 Å². The molecule has 6 heteroatoms. The fourth-order valence-electron chi connectivity index (χ4n) is 3.71. The van der Waals surface area contributed by atoms with Crippen LogP contribution in [0.4, 0.5) is 5.69 Å². The highest BCUT2D eigenvalue weighted by Crippen LogP contribution is 2.37. The second-order valence-corrected chi connectivity index (χ2v) is 7.06. The molecule has 23 heavy (non-hydrogen) atoms. The third-order valence-corrected chi connectivity index (χ3v) is 5.49. The van der Waals surface area contributed by atoms with E-state index in [9.17, 15) is 0 Å². The van der Waals surface area contributed by atoms with Gasteiger partial charge in [-0.2, -0.15) is 0 Å². The number of ether oxygens (including phenoxy) is 2. The summed E-state index contributed by atoms with van der Waals surface area (Å²) in [4.78, 5) is 11.0. The SMILES string of the molecule is c1cncc(N2CCO[C@@H]3[C@H](COCc4nccs4)CC[C@@H]32)c1. The van der Waals surface area contributed by atoms with E-state index >= 15 is 0 Å². The third-order valence-electron chi connectivity index (χ3n) is 4.74. The van der Waals surface area contributed by atoms with Gasteiger partial charge in [-0.3, -0.25) is 4.98 Å². The average molecular weight is 331 g/mol. The summed E-state index contributed by atoms with van der Waals surface area (Å²) in [6.45, 7) is 3.08. The Morgan fingerprint density at radius 1 is 1.35 bits per heavy atom. The summed E-state index contributed by atoms with van der Waals surface area (Å²) >= 11 is 1.64. The molecule has 2 aromatic heterocycles. The molecule has 2 fully saturated rings. The maximum Gasteiger partial charge on any atom is 0.118 e. The number of morpholine rings is 1. The van der Waals surface area contributed by atoms with Crippen LogP contribution in [0.2, 0.25) is 0 Å². The van der Waals surface area contributed by atoms with E-state index in [4.69, 9.17) is 9.47 Å². The number of aromatic nitrogens is 2. The van der Waals surface area contributed by atoms with Gasteiger partial charge in [-0.05, 0) is 25.0 Å². The van der Waals surface area contributed by atoms with Gasteiger partial charge >= 0.3 is 0 Å². The van der Waals surface area contributed by atoms with Crippen molar-refractivity contribution in [1.82, 2.24) is 9.97 Å². The van der Waals surface area contributed by atoms with Gasteiger partial charge < -0.3 is 14.4 Å². The minimum Gasteiger partial charge on any atom is -0.374 e. The molecule has 0 N–H and O–H groups in total. The number of rotatable bonds is 5. The van der Waals surface area contributed by atoms with Crippen molar-refractivity contribution in [2.24, 2.45) is 5.92 Å². The van der Waals surface area contributed by atoms with Crippen LogP contribution in [0.1, 0.15) is 17.8 Å². The fourth-order valence-corrected chi connectivity index (χ4v) is 4.26. The Morgan fingerprint density at radius 3 is 3.17 bits per heavy atom. The summed E-state index contributed by atoms with van der Waals surface area (Å²) < 4.78 is 12.0. The topological polar surface area (TPSA) is 47.5 Å². The van der Waals surface area contributed by atoms with E-state index in [1.54, 1.807) is 11.3 Å². The highest BCUT2D eigenvalue weighted by molar-refractivity contribution is 7.09.